The predicted octanol–water partition coefficient (Wildman–Crippen LogP) is 3.28. The molecule has 162 valence electrons. The van der Waals surface area contributed by atoms with E-state index in [2.05, 4.69) is 24.9 Å². The Balaban J connectivity index is 1.73. The van der Waals surface area contributed by atoms with Gasteiger partial charge in [-0.05, 0) is 0 Å². The van der Waals surface area contributed by atoms with Crippen LogP contribution >= 0.6 is 22.9 Å². The molecule has 32 heavy (non-hydrogen) atoms. The summed E-state index contributed by atoms with van der Waals surface area (Å²) < 4.78 is 6.13. The van der Waals surface area contributed by atoms with Gasteiger partial charge in [-0.2, -0.15) is 0 Å². The standard InChI is InChI=1S/C21H20BN5O3S2/c1-13-15(6-5-9-23-13)30-16-10-14(31-17-7-3-4-8-24-17)11-25-18(16)26-20-27-19(22-32-20)21(2,29)12-28/h3-11,28-29H,12H2,1-2H3,(H,25,26,27). The number of aliphatic hydroxyl groups excluding tert-OH is 1. The van der Waals surface area contributed by atoms with Crippen molar-refractivity contribution in [2.45, 2.75) is 29.4 Å². The second-order valence-corrected chi connectivity index (χ2v) is 9.03. The van der Waals surface area contributed by atoms with E-state index in [1.165, 1.54) is 29.9 Å². The van der Waals surface area contributed by atoms with Crippen molar-refractivity contribution >= 4 is 34.9 Å². The molecule has 0 radical (unpaired) electrons. The fourth-order valence-corrected chi connectivity index (χ4v) is 4.27. The first-order chi connectivity index (χ1) is 15.4. The number of hydrogen-bond acceptors (Lipinski definition) is 9. The van der Waals surface area contributed by atoms with E-state index >= 15 is 0 Å². The zero-order chi connectivity index (χ0) is 22.6. The molecule has 11 heteroatoms. The number of aliphatic hydroxyl groups is 2. The van der Waals surface area contributed by atoms with Gasteiger partial charge < -0.3 is 0 Å². The molecule has 4 aromatic heterocycles. The van der Waals surface area contributed by atoms with Crippen molar-refractivity contribution in [3.63, 3.8) is 0 Å². The van der Waals surface area contributed by atoms with Crippen LogP contribution in [0, 0.1) is 6.92 Å². The van der Waals surface area contributed by atoms with Gasteiger partial charge in [0, 0.05) is 0 Å². The minimum absolute atomic E-state index is 0.368. The summed E-state index contributed by atoms with van der Waals surface area (Å²) in [5.74, 6) is 1.43. The van der Waals surface area contributed by atoms with E-state index in [1.54, 1.807) is 30.8 Å². The first-order valence-corrected chi connectivity index (χ1v) is 11.4. The number of aryl methyl sites for hydroxylation is 1. The zero-order valence-corrected chi connectivity index (χ0v) is 19.0. The van der Waals surface area contributed by atoms with Gasteiger partial charge in [0.1, 0.15) is 0 Å². The Morgan fingerprint density at radius 1 is 1.19 bits per heavy atom. The number of nitrogens with zero attached hydrogens (tertiary/aromatic N) is 4. The van der Waals surface area contributed by atoms with Gasteiger partial charge in [0.25, 0.3) is 0 Å². The minimum atomic E-state index is -1.38. The van der Waals surface area contributed by atoms with Crippen LogP contribution in [0.2, 0.25) is 0 Å². The Bertz CT molecular complexity index is 1280. The van der Waals surface area contributed by atoms with E-state index in [4.69, 9.17) is 4.74 Å². The monoisotopic (exact) mass is 465 g/mol. The van der Waals surface area contributed by atoms with Gasteiger partial charge >= 0.3 is 193 Å². The number of pyridine rings is 3. The third-order valence-electron chi connectivity index (χ3n) is 4.47. The molecule has 0 fully saturated rings. The van der Waals surface area contributed by atoms with Crippen molar-refractivity contribution in [1.82, 2.24) is 19.9 Å². The van der Waals surface area contributed by atoms with Gasteiger partial charge in [0.15, 0.2) is 0 Å². The summed E-state index contributed by atoms with van der Waals surface area (Å²) in [7, 11) is 0. The van der Waals surface area contributed by atoms with Crippen LogP contribution in [-0.4, -0.2) is 42.9 Å². The maximum atomic E-state index is 10.3. The molecule has 0 amide bonds. The van der Waals surface area contributed by atoms with Gasteiger partial charge in [0.2, 0.25) is 0 Å². The number of aromatic nitrogens is 4. The van der Waals surface area contributed by atoms with Crippen molar-refractivity contribution in [2.24, 2.45) is 4.99 Å². The normalized spacial score (nSPS) is 13.6. The van der Waals surface area contributed by atoms with Crippen LogP contribution in [-0.2, 0) is 5.60 Å². The van der Waals surface area contributed by atoms with Gasteiger partial charge in [-0.15, -0.1) is 0 Å². The van der Waals surface area contributed by atoms with Crippen molar-refractivity contribution in [3.05, 3.63) is 71.1 Å². The first kappa shape index (κ1) is 22.3. The molecule has 0 bridgehead atoms. The Kier molecular flexibility index (Phi) is 6.80. The molecule has 0 aliphatic rings. The second-order valence-electron chi connectivity index (χ2n) is 7.08. The summed E-state index contributed by atoms with van der Waals surface area (Å²) in [6, 6.07) is 11.2. The third kappa shape index (κ3) is 5.30. The Morgan fingerprint density at radius 2 is 2.03 bits per heavy atom. The van der Waals surface area contributed by atoms with E-state index in [-0.39, 0.29) is 0 Å². The molecule has 1 unspecified atom stereocenters. The van der Waals surface area contributed by atoms with Crippen molar-refractivity contribution in [1.29, 1.82) is 0 Å². The summed E-state index contributed by atoms with van der Waals surface area (Å²) in [6.45, 7) is 2.98. The molecule has 0 aliphatic carbocycles. The molecule has 4 aromatic rings. The second kappa shape index (κ2) is 9.74. The Hall–Kier alpha value is -2.86. The summed E-state index contributed by atoms with van der Waals surface area (Å²) >= 11 is 2.76. The van der Waals surface area contributed by atoms with Gasteiger partial charge in [-0.25, -0.2) is 0 Å². The van der Waals surface area contributed by atoms with E-state index in [1.807, 2.05) is 37.3 Å². The van der Waals surface area contributed by atoms with Crippen molar-refractivity contribution < 1.29 is 14.9 Å². The Labute approximate surface area is 193 Å². The molecule has 1 atom stereocenters. The number of rotatable bonds is 7. The van der Waals surface area contributed by atoms with Crippen LogP contribution in [0.3, 0.4) is 0 Å². The van der Waals surface area contributed by atoms with E-state index in [9.17, 15) is 10.2 Å². The number of H-pyrrole nitrogens is 1. The summed E-state index contributed by atoms with van der Waals surface area (Å²) in [5.41, 5.74) is -0.172. The molecule has 0 saturated heterocycles. The molecule has 3 N–H and O–H groups in total. The molecular weight excluding hydrogens is 445 g/mol. The predicted molar refractivity (Wildman–Crippen MR) is 124 cm³/mol. The van der Waals surface area contributed by atoms with Gasteiger partial charge in [-0.3, -0.25) is 0 Å². The number of ether oxygens (including phenoxy) is 1. The van der Waals surface area contributed by atoms with Crippen LogP contribution < -0.4 is 9.54 Å². The molecule has 4 heterocycles. The van der Waals surface area contributed by atoms with E-state index in [0.29, 0.717) is 27.7 Å². The zero-order valence-electron chi connectivity index (χ0n) is 17.4. The van der Waals surface area contributed by atoms with Crippen LogP contribution in [0.4, 0.5) is 5.82 Å². The van der Waals surface area contributed by atoms with Gasteiger partial charge in [-0.1, -0.05) is 0 Å². The summed E-state index contributed by atoms with van der Waals surface area (Å²) in [6.07, 6.45) is 6.86. The SMILES string of the molecule is Cc1ncccc1Oc1cc(Sc2ccccn2)cnc1/N=c1/[nH]c(C(C)(O)CO)bs1. The quantitative estimate of drug-likeness (QED) is 0.384. The fraction of sp³-hybridized carbons (Fsp3) is 0.190. The molecule has 0 saturated carbocycles. The van der Waals surface area contributed by atoms with E-state index < -0.39 is 12.2 Å². The average Bonchev–Trinajstić information content (AvgIpc) is 3.27. The molecule has 0 aliphatic heterocycles. The topological polar surface area (TPSA) is 117 Å². The van der Waals surface area contributed by atoms with Crippen LogP contribution in [0.25, 0.3) is 0 Å². The number of nitrogens with one attached hydrogen (secondary N) is 1. The summed E-state index contributed by atoms with van der Waals surface area (Å²) in [5, 5.41) is 20.5. The van der Waals surface area contributed by atoms with E-state index in [0.717, 1.165) is 15.6 Å². The van der Waals surface area contributed by atoms with Gasteiger partial charge in [0.05, 0.1) is 0 Å². The maximum absolute atomic E-state index is 10.3. The first-order valence-electron chi connectivity index (χ1n) is 9.69. The number of hydrogen-bond donors (Lipinski definition) is 3. The average molecular weight is 465 g/mol. The number of aromatic amines is 1. The Morgan fingerprint density at radius 3 is 2.78 bits per heavy atom. The summed E-state index contributed by atoms with van der Waals surface area (Å²) in [4.78, 5) is 22.1. The van der Waals surface area contributed by atoms with Crippen LogP contribution in [0.1, 0.15) is 18.2 Å². The van der Waals surface area contributed by atoms with Crippen LogP contribution in [0.5, 0.6) is 11.5 Å². The molecule has 8 nitrogen and oxygen atoms in total. The van der Waals surface area contributed by atoms with Crippen molar-refractivity contribution in [3.8, 4) is 11.5 Å². The molecule has 0 spiro atoms. The third-order valence-corrected chi connectivity index (χ3v) is 6.15. The molecular formula is C21H20BN5O3S2. The van der Waals surface area contributed by atoms with Crippen molar-refractivity contribution in [2.75, 3.05) is 6.61 Å². The van der Waals surface area contributed by atoms with Crippen LogP contribution in [0.15, 0.2) is 69.9 Å². The molecule has 4 rings (SSSR count). The molecule has 0 aromatic carbocycles. The fourth-order valence-electron chi connectivity index (χ4n) is 2.64.